The third-order valence-corrected chi connectivity index (χ3v) is 13.3. The van der Waals surface area contributed by atoms with Gasteiger partial charge in [0.1, 0.15) is 0 Å². The Balaban J connectivity index is 1.47. The average molecular weight is 837 g/mol. The minimum atomic E-state index is -0.668. The molecule has 5 aliphatic heterocycles. The number of amides is 2. The van der Waals surface area contributed by atoms with E-state index >= 15 is 0 Å². The van der Waals surface area contributed by atoms with E-state index in [1.807, 2.05) is 37.5 Å². The zero-order chi connectivity index (χ0) is 44.5. The molecule has 340 valence electrons. The molecule has 2 amide bonds. The van der Waals surface area contributed by atoms with Gasteiger partial charge in [0, 0.05) is 84.6 Å². The minimum Gasteiger partial charge on any atom is -0.338 e. The van der Waals surface area contributed by atoms with Crippen molar-refractivity contribution in [2.75, 3.05) is 55.6 Å². The van der Waals surface area contributed by atoms with Crippen LogP contribution in [0.25, 0.3) is 0 Å². The topological polar surface area (TPSA) is 146 Å². The highest BCUT2D eigenvalue weighted by atomic mass is 16.2. The summed E-state index contributed by atoms with van der Waals surface area (Å²) >= 11 is 0. The maximum Gasteiger partial charge on any atom is 0.242 e. The van der Waals surface area contributed by atoms with Crippen molar-refractivity contribution < 1.29 is 9.59 Å². The number of piperidine rings is 3. The molecule has 6 rings (SSSR count). The van der Waals surface area contributed by atoms with Crippen LogP contribution < -0.4 is 36.4 Å². The van der Waals surface area contributed by atoms with Crippen LogP contribution in [0.4, 0.5) is 11.9 Å². The SMILES string of the molecule is CC1(C)CC(N(CCN2CC(C)(C)NC(C)(C)C2=O)c2nc(C3CCCCN3)nc(N(CCN3CC(C)(C)NC(C)(C)C3=O)C3CC(C)(C)NC(C)(C)C3)n2)CC(C)(C)N1. The number of hydrogen-bond donors (Lipinski definition) is 5. The van der Waals surface area contributed by atoms with E-state index < -0.39 is 11.1 Å². The van der Waals surface area contributed by atoms with Crippen molar-refractivity contribution in [3.63, 3.8) is 0 Å². The summed E-state index contributed by atoms with van der Waals surface area (Å²) in [6.07, 6.45) is 6.81. The normalized spacial score (nSPS) is 28.4. The highest BCUT2D eigenvalue weighted by molar-refractivity contribution is 5.87. The maximum atomic E-state index is 14.0. The number of piperazine rings is 2. The lowest BCUT2D eigenvalue weighted by molar-refractivity contribution is -0.143. The molecule has 1 atom stereocenters. The predicted molar refractivity (Wildman–Crippen MR) is 243 cm³/mol. The summed E-state index contributed by atoms with van der Waals surface area (Å²) < 4.78 is 0. The number of nitrogens with zero attached hydrogens (tertiary/aromatic N) is 7. The van der Waals surface area contributed by atoms with E-state index in [4.69, 9.17) is 15.0 Å². The Kier molecular flexibility index (Phi) is 12.6. The molecule has 6 heterocycles. The van der Waals surface area contributed by atoms with E-state index in [0.29, 0.717) is 51.2 Å². The fourth-order valence-corrected chi connectivity index (χ4v) is 12.3. The van der Waals surface area contributed by atoms with E-state index in [2.05, 4.69) is 119 Å². The number of anilines is 2. The highest BCUT2D eigenvalue weighted by Crippen LogP contribution is 2.37. The van der Waals surface area contributed by atoms with Crippen LogP contribution in [0.2, 0.25) is 0 Å². The Morgan fingerprint density at radius 2 is 0.917 bits per heavy atom. The second-order valence-electron chi connectivity index (χ2n) is 24.3. The molecule has 60 heavy (non-hydrogen) atoms. The van der Waals surface area contributed by atoms with Crippen LogP contribution >= 0.6 is 0 Å². The molecule has 1 unspecified atom stereocenters. The first kappa shape index (κ1) is 46.8. The predicted octanol–water partition coefficient (Wildman–Crippen LogP) is 4.90. The highest BCUT2D eigenvalue weighted by Gasteiger charge is 2.47. The van der Waals surface area contributed by atoms with E-state index in [-0.39, 0.29) is 63.2 Å². The van der Waals surface area contributed by atoms with Crippen LogP contribution in [0.1, 0.15) is 168 Å². The fourth-order valence-electron chi connectivity index (χ4n) is 12.3. The van der Waals surface area contributed by atoms with Crippen molar-refractivity contribution in [1.82, 2.24) is 51.3 Å². The van der Waals surface area contributed by atoms with Crippen LogP contribution in [0.5, 0.6) is 0 Å². The van der Waals surface area contributed by atoms with Gasteiger partial charge < -0.3 is 35.6 Å². The summed E-state index contributed by atoms with van der Waals surface area (Å²) in [4.78, 5) is 53.4. The van der Waals surface area contributed by atoms with Crippen LogP contribution in [0.3, 0.4) is 0 Å². The Morgan fingerprint density at radius 1 is 0.533 bits per heavy atom. The molecule has 5 saturated heterocycles. The molecule has 0 spiro atoms. The van der Waals surface area contributed by atoms with E-state index in [1.165, 1.54) is 0 Å². The summed E-state index contributed by atoms with van der Waals surface area (Å²) in [5, 5.41) is 18.7. The summed E-state index contributed by atoms with van der Waals surface area (Å²) in [5.41, 5.74) is -2.30. The van der Waals surface area contributed by atoms with Crippen molar-refractivity contribution in [2.45, 2.75) is 218 Å². The van der Waals surface area contributed by atoms with Crippen LogP contribution in [0, 0.1) is 0 Å². The van der Waals surface area contributed by atoms with Crippen molar-refractivity contribution in [3.8, 4) is 0 Å². The first-order valence-electron chi connectivity index (χ1n) is 23.2. The molecular weight excluding hydrogens is 753 g/mol. The van der Waals surface area contributed by atoms with Gasteiger partial charge in [-0.3, -0.25) is 20.2 Å². The van der Waals surface area contributed by atoms with Crippen molar-refractivity contribution in [3.05, 3.63) is 5.82 Å². The molecule has 5 N–H and O–H groups in total. The summed E-state index contributed by atoms with van der Waals surface area (Å²) in [6.45, 7) is 39.6. The standard InChI is InChI=1S/C46H84N12O2/c1-39(2)25-31(26-40(3,4)51-39)57(23-21-55-29-43(9,10)53-45(13,14)35(55)59)37-48-34(33-19-17-18-20-47-33)49-38(50-37)58(32-27-41(5,6)52-42(7,8)28-32)24-22-56-30-44(11,12)54-46(15,16)36(56)60/h31-33,47,51-54H,17-30H2,1-16H3. The molecule has 0 bridgehead atoms. The average Bonchev–Trinajstić information content (AvgIpc) is 3.05. The Morgan fingerprint density at radius 3 is 1.27 bits per heavy atom. The lowest BCUT2D eigenvalue weighted by Crippen LogP contribution is -2.70. The number of carbonyl (C=O) groups is 2. The molecule has 1 aromatic rings. The first-order valence-corrected chi connectivity index (χ1v) is 23.2. The quantitative estimate of drug-likeness (QED) is 0.207. The molecular formula is C46H84N12O2. The Hall–Kier alpha value is -2.65. The number of hydrogen-bond acceptors (Lipinski definition) is 12. The third kappa shape index (κ3) is 11.1. The van der Waals surface area contributed by atoms with Gasteiger partial charge in [0.15, 0.2) is 5.82 Å². The Labute approximate surface area is 363 Å². The minimum absolute atomic E-state index is 0.0115. The van der Waals surface area contributed by atoms with Gasteiger partial charge in [-0.1, -0.05) is 6.42 Å². The van der Waals surface area contributed by atoms with Gasteiger partial charge in [-0.15, -0.1) is 0 Å². The number of carbonyl (C=O) groups excluding carboxylic acids is 2. The monoisotopic (exact) mass is 837 g/mol. The van der Waals surface area contributed by atoms with Gasteiger partial charge in [-0.2, -0.15) is 15.0 Å². The molecule has 0 aromatic carbocycles. The molecule has 14 nitrogen and oxygen atoms in total. The van der Waals surface area contributed by atoms with Gasteiger partial charge in [-0.25, -0.2) is 0 Å². The molecule has 0 saturated carbocycles. The second-order valence-corrected chi connectivity index (χ2v) is 24.3. The van der Waals surface area contributed by atoms with Gasteiger partial charge in [-0.05, 0) is 156 Å². The van der Waals surface area contributed by atoms with Gasteiger partial charge in [0.05, 0.1) is 17.1 Å². The zero-order valence-corrected chi connectivity index (χ0v) is 40.6. The van der Waals surface area contributed by atoms with E-state index in [9.17, 15) is 9.59 Å². The lowest BCUT2D eigenvalue weighted by Gasteiger charge is -2.51. The lowest BCUT2D eigenvalue weighted by atomic mass is 9.79. The summed E-state index contributed by atoms with van der Waals surface area (Å²) in [5.74, 6) is 2.38. The number of nitrogens with one attached hydrogen (secondary N) is 5. The zero-order valence-electron chi connectivity index (χ0n) is 40.6. The molecule has 5 fully saturated rings. The summed E-state index contributed by atoms with van der Waals surface area (Å²) in [6, 6.07) is 0.245. The fraction of sp³-hybridized carbons (Fsp3) is 0.891. The van der Waals surface area contributed by atoms with Crippen molar-refractivity contribution in [2.24, 2.45) is 0 Å². The maximum absolute atomic E-state index is 14.0. The molecule has 5 aliphatic rings. The van der Waals surface area contributed by atoms with Crippen molar-refractivity contribution in [1.29, 1.82) is 0 Å². The second kappa shape index (κ2) is 16.2. The molecule has 14 heteroatoms. The van der Waals surface area contributed by atoms with Gasteiger partial charge in [0.2, 0.25) is 23.7 Å². The Bertz CT molecular complexity index is 1580. The van der Waals surface area contributed by atoms with E-state index in [0.717, 1.165) is 57.3 Å². The number of aromatic nitrogens is 3. The van der Waals surface area contributed by atoms with Gasteiger partial charge in [0.25, 0.3) is 0 Å². The molecule has 0 radical (unpaired) electrons. The van der Waals surface area contributed by atoms with Crippen molar-refractivity contribution >= 4 is 23.7 Å². The third-order valence-electron chi connectivity index (χ3n) is 13.3. The smallest absolute Gasteiger partial charge is 0.242 e. The number of rotatable bonds is 11. The first-order chi connectivity index (χ1) is 27.4. The van der Waals surface area contributed by atoms with Crippen LogP contribution in [-0.2, 0) is 9.59 Å². The molecule has 1 aromatic heterocycles. The summed E-state index contributed by atoms with van der Waals surface area (Å²) in [7, 11) is 0. The van der Waals surface area contributed by atoms with Crippen LogP contribution in [-0.4, -0.2) is 139 Å². The van der Waals surface area contributed by atoms with Crippen LogP contribution in [0.15, 0.2) is 0 Å². The largest absolute Gasteiger partial charge is 0.338 e. The van der Waals surface area contributed by atoms with Gasteiger partial charge >= 0.3 is 0 Å². The molecule has 0 aliphatic carbocycles. The van der Waals surface area contributed by atoms with E-state index in [1.54, 1.807) is 0 Å².